The molecule has 2 heterocycles. The maximum absolute atomic E-state index is 13.0. The Kier molecular flexibility index (Phi) is 6.27. The van der Waals surface area contributed by atoms with Gasteiger partial charge in [0.15, 0.2) is 5.69 Å². The van der Waals surface area contributed by atoms with Crippen molar-refractivity contribution in [3.8, 4) is 5.75 Å². The number of aromatic nitrogens is 2. The van der Waals surface area contributed by atoms with E-state index in [4.69, 9.17) is 0 Å². The van der Waals surface area contributed by atoms with Crippen LogP contribution >= 0.6 is 0 Å². The lowest BCUT2D eigenvalue weighted by Gasteiger charge is -2.28. The normalized spacial score (nSPS) is 18.3. The molecule has 2 N–H and O–H groups in total. The smallest absolute Gasteiger partial charge is 0.296 e. The Morgan fingerprint density at radius 2 is 2.07 bits per heavy atom. The van der Waals surface area contributed by atoms with Crippen LogP contribution in [0.4, 0.5) is 4.39 Å². The van der Waals surface area contributed by atoms with E-state index in [-0.39, 0.29) is 18.1 Å². The summed E-state index contributed by atoms with van der Waals surface area (Å²) >= 11 is 0. The molecule has 0 fully saturated rings. The van der Waals surface area contributed by atoms with Crippen LogP contribution in [0, 0.1) is 5.82 Å². The second-order valence-corrected chi connectivity index (χ2v) is 9.95. The van der Waals surface area contributed by atoms with E-state index in [1.165, 1.54) is 35.1 Å². The van der Waals surface area contributed by atoms with E-state index >= 15 is 0 Å². The van der Waals surface area contributed by atoms with E-state index < -0.39 is 38.8 Å². The van der Waals surface area contributed by atoms with Gasteiger partial charge in [-0.15, -0.1) is 0 Å². The number of nitrogens with one attached hydrogen (secondary N) is 1. The number of rotatable bonds is 5. The molecule has 0 saturated heterocycles. The molecule has 2 atom stereocenters. The standard InChI is InChI=1S/C20H25FN4O4S/c1-24(30(2,3)29)15-6-4-5-11-25-18(15)23-16(17(26)20(25)28)19(27)22-12-13-7-9-14(21)10-8-13/h7-10,15,26H,2,4-6,11-12H2,1,3H3,(H,22,27). The zero-order valence-electron chi connectivity index (χ0n) is 16.9. The van der Waals surface area contributed by atoms with Gasteiger partial charge in [0.25, 0.3) is 11.5 Å². The summed E-state index contributed by atoms with van der Waals surface area (Å²) in [5.41, 5.74) is -0.449. The molecule has 1 aromatic heterocycles. The zero-order valence-corrected chi connectivity index (χ0v) is 17.7. The Hall–Kier alpha value is -2.72. The minimum absolute atomic E-state index is 0.0731. The van der Waals surface area contributed by atoms with Crippen LogP contribution in [0.15, 0.2) is 29.1 Å². The van der Waals surface area contributed by atoms with Gasteiger partial charge in [0.05, 0.1) is 6.04 Å². The van der Waals surface area contributed by atoms with E-state index in [2.05, 4.69) is 16.2 Å². The van der Waals surface area contributed by atoms with Crippen LogP contribution in [-0.4, -0.2) is 48.3 Å². The quantitative estimate of drug-likeness (QED) is 0.690. The van der Waals surface area contributed by atoms with Crippen LogP contribution in [0.5, 0.6) is 5.75 Å². The number of hydrogen-bond acceptors (Lipinski definition) is 5. The number of halogens is 1. The Labute approximate surface area is 174 Å². The first kappa shape index (κ1) is 22.0. The molecule has 1 aliphatic rings. The van der Waals surface area contributed by atoms with Crippen molar-refractivity contribution in [1.29, 1.82) is 0 Å². The predicted molar refractivity (Wildman–Crippen MR) is 113 cm³/mol. The van der Waals surface area contributed by atoms with E-state index in [0.29, 0.717) is 24.9 Å². The Bertz CT molecular complexity index is 1110. The Morgan fingerprint density at radius 3 is 2.70 bits per heavy atom. The Morgan fingerprint density at radius 1 is 1.40 bits per heavy atom. The second-order valence-electron chi connectivity index (χ2n) is 7.45. The minimum atomic E-state index is -2.58. The summed E-state index contributed by atoms with van der Waals surface area (Å²) in [5, 5.41) is 12.9. The Balaban J connectivity index is 1.97. The van der Waals surface area contributed by atoms with Crippen molar-refractivity contribution < 1.29 is 18.5 Å². The van der Waals surface area contributed by atoms with Crippen LogP contribution in [0.25, 0.3) is 0 Å². The number of fused-ring (bicyclic) bond motifs is 1. The third-order valence-corrected chi connectivity index (χ3v) is 6.68. The first-order valence-corrected chi connectivity index (χ1v) is 11.6. The number of carbonyl (C=O) groups is 1. The summed E-state index contributed by atoms with van der Waals surface area (Å²) in [6.07, 6.45) is 3.54. The second kappa shape index (κ2) is 8.57. The highest BCUT2D eigenvalue weighted by atomic mass is 32.2. The number of amides is 1. The van der Waals surface area contributed by atoms with Gasteiger partial charge in [-0.05, 0) is 49.9 Å². The van der Waals surface area contributed by atoms with Gasteiger partial charge in [-0.1, -0.05) is 12.1 Å². The fourth-order valence-corrected chi connectivity index (χ4v) is 4.15. The SMILES string of the molecule is C=S(C)(=O)N(C)C1CCCCn2c1nc(C(=O)NCc1ccc(F)cc1)c(O)c2=O. The number of aromatic hydroxyl groups is 1. The molecule has 0 aliphatic carbocycles. The zero-order chi connectivity index (χ0) is 22.1. The van der Waals surface area contributed by atoms with Crippen LogP contribution in [0.3, 0.4) is 0 Å². The molecular formula is C20H25FN4O4S. The maximum atomic E-state index is 13.0. The van der Waals surface area contributed by atoms with Crippen molar-refractivity contribution in [3.05, 3.63) is 57.5 Å². The lowest BCUT2D eigenvalue weighted by Crippen LogP contribution is -2.36. The lowest BCUT2D eigenvalue weighted by molar-refractivity contribution is 0.0941. The monoisotopic (exact) mass is 436 g/mol. The molecule has 2 unspecified atom stereocenters. The highest BCUT2D eigenvalue weighted by molar-refractivity contribution is 7.97. The van der Waals surface area contributed by atoms with Gasteiger partial charge in [-0.2, -0.15) is 0 Å². The van der Waals surface area contributed by atoms with Crippen LogP contribution < -0.4 is 10.9 Å². The molecule has 2 aromatic rings. The molecule has 0 spiro atoms. The number of carbonyl (C=O) groups excluding carboxylic acids is 1. The number of benzene rings is 1. The number of nitrogens with zero attached hydrogens (tertiary/aromatic N) is 3. The van der Waals surface area contributed by atoms with Crippen LogP contribution in [0.2, 0.25) is 0 Å². The molecule has 0 saturated carbocycles. The summed E-state index contributed by atoms with van der Waals surface area (Å²) in [5.74, 6) is 2.13. The topological polar surface area (TPSA) is 105 Å². The largest absolute Gasteiger partial charge is 0.501 e. The van der Waals surface area contributed by atoms with Crippen LogP contribution in [-0.2, 0) is 22.8 Å². The molecule has 1 aliphatic heterocycles. The minimum Gasteiger partial charge on any atom is -0.501 e. The van der Waals surface area contributed by atoms with Crippen molar-refractivity contribution in [2.75, 3.05) is 13.3 Å². The maximum Gasteiger partial charge on any atom is 0.296 e. The van der Waals surface area contributed by atoms with Gasteiger partial charge in [0.2, 0.25) is 5.75 Å². The number of hydrogen-bond donors (Lipinski definition) is 2. The van der Waals surface area contributed by atoms with E-state index in [9.17, 15) is 23.3 Å². The summed E-state index contributed by atoms with van der Waals surface area (Å²) in [4.78, 5) is 29.8. The van der Waals surface area contributed by atoms with Crippen molar-refractivity contribution in [3.63, 3.8) is 0 Å². The third-order valence-electron chi connectivity index (χ3n) is 5.21. The molecule has 1 aromatic carbocycles. The van der Waals surface area contributed by atoms with Gasteiger partial charge in [0, 0.05) is 29.1 Å². The summed E-state index contributed by atoms with van der Waals surface area (Å²) in [7, 11) is -0.941. The average Bonchev–Trinajstić information content (AvgIpc) is 2.91. The van der Waals surface area contributed by atoms with Gasteiger partial charge in [-0.3, -0.25) is 18.4 Å². The van der Waals surface area contributed by atoms with Gasteiger partial charge in [-0.25, -0.2) is 13.7 Å². The summed E-state index contributed by atoms with van der Waals surface area (Å²) < 4.78 is 28.4. The van der Waals surface area contributed by atoms with Crippen molar-refractivity contribution in [2.45, 2.75) is 38.4 Å². The molecule has 8 nitrogen and oxygen atoms in total. The highest BCUT2D eigenvalue weighted by Crippen LogP contribution is 2.29. The van der Waals surface area contributed by atoms with Gasteiger partial charge in [0.1, 0.15) is 11.6 Å². The average molecular weight is 437 g/mol. The van der Waals surface area contributed by atoms with E-state index in [1.54, 1.807) is 11.4 Å². The third kappa shape index (κ3) is 4.54. The van der Waals surface area contributed by atoms with Crippen LogP contribution in [0.1, 0.15) is 47.2 Å². The molecule has 3 rings (SSSR count). The van der Waals surface area contributed by atoms with Crippen molar-refractivity contribution >= 4 is 21.5 Å². The molecule has 162 valence electrons. The van der Waals surface area contributed by atoms with Gasteiger partial charge < -0.3 is 10.4 Å². The van der Waals surface area contributed by atoms with Gasteiger partial charge >= 0.3 is 0 Å². The molecule has 0 bridgehead atoms. The molecule has 0 radical (unpaired) electrons. The summed E-state index contributed by atoms with van der Waals surface area (Å²) in [6, 6.07) is 5.10. The first-order chi connectivity index (χ1) is 14.1. The first-order valence-electron chi connectivity index (χ1n) is 9.51. The lowest BCUT2D eigenvalue weighted by atomic mass is 10.1. The summed E-state index contributed by atoms with van der Waals surface area (Å²) in [6.45, 7) is 0.419. The molecule has 1 amide bonds. The fraction of sp³-hybridized carbons (Fsp3) is 0.400. The predicted octanol–water partition coefficient (Wildman–Crippen LogP) is 1.44. The fourth-order valence-electron chi connectivity index (χ4n) is 3.41. The van der Waals surface area contributed by atoms with E-state index in [0.717, 1.165) is 6.42 Å². The van der Waals surface area contributed by atoms with Crippen molar-refractivity contribution in [1.82, 2.24) is 19.2 Å². The molecule has 10 heteroatoms. The molecular weight excluding hydrogens is 411 g/mol. The van der Waals surface area contributed by atoms with Crippen molar-refractivity contribution in [2.24, 2.45) is 0 Å². The highest BCUT2D eigenvalue weighted by Gasteiger charge is 2.31. The van der Waals surface area contributed by atoms with E-state index in [1.807, 2.05) is 0 Å². The molecule has 30 heavy (non-hydrogen) atoms.